The van der Waals surface area contributed by atoms with Crippen molar-refractivity contribution in [3.63, 3.8) is 0 Å². The van der Waals surface area contributed by atoms with E-state index in [4.69, 9.17) is 11.6 Å². The zero-order valence-electron chi connectivity index (χ0n) is 16.4. The van der Waals surface area contributed by atoms with Crippen LogP contribution in [0, 0.1) is 0 Å². The first kappa shape index (κ1) is 20.2. The summed E-state index contributed by atoms with van der Waals surface area (Å²) in [7, 11) is 0. The van der Waals surface area contributed by atoms with Crippen LogP contribution < -0.4 is 11.2 Å². The standard InChI is InChI=1S/C23H22ClN3O3/c24-18-9-7-16(8-10-18)17-11-14-26(15-12-17)21(28)6-3-13-27-20-5-2-1-4-19(20)22(29)25-23(27)30/h1-2,4-5,7-11H,3,6,12-15H2,(H,25,29,30). The van der Waals surface area contributed by atoms with E-state index in [1.807, 2.05) is 29.2 Å². The number of aryl methyl sites for hydroxylation is 1. The molecule has 4 rings (SSSR count). The van der Waals surface area contributed by atoms with Gasteiger partial charge in [-0.1, -0.05) is 41.9 Å². The van der Waals surface area contributed by atoms with Gasteiger partial charge in [0, 0.05) is 31.1 Å². The number of nitrogens with one attached hydrogen (secondary N) is 1. The van der Waals surface area contributed by atoms with Crippen LogP contribution >= 0.6 is 11.6 Å². The van der Waals surface area contributed by atoms with Crippen LogP contribution in [0.5, 0.6) is 0 Å². The molecule has 6 nitrogen and oxygen atoms in total. The van der Waals surface area contributed by atoms with Gasteiger partial charge in [-0.25, -0.2) is 4.79 Å². The molecular formula is C23H22ClN3O3. The fourth-order valence-corrected chi connectivity index (χ4v) is 3.96. The molecule has 3 aromatic rings. The van der Waals surface area contributed by atoms with E-state index >= 15 is 0 Å². The van der Waals surface area contributed by atoms with Crippen molar-refractivity contribution in [2.45, 2.75) is 25.8 Å². The minimum absolute atomic E-state index is 0.0724. The molecule has 1 aliphatic heterocycles. The van der Waals surface area contributed by atoms with Gasteiger partial charge in [-0.15, -0.1) is 0 Å². The molecule has 2 aromatic carbocycles. The second-order valence-corrected chi connectivity index (χ2v) is 7.79. The predicted octanol–water partition coefficient (Wildman–Crippen LogP) is 3.44. The van der Waals surface area contributed by atoms with Crippen molar-refractivity contribution in [1.29, 1.82) is 0 Å². The summed E-state index contributed by atoms with van der Waals surface area (Å²) < 4.78 is 1.53. The van der Waals surface area contributed by atoms with Crippen molar-refractivity contribution < 1.29 is 4.79 Å². The molecule has 0 atom stereocenters. The van der Waals surface area contributed by atoms with E-state index in [9.17, 15) is 14.4 Å². The number of H-pyrrole nitrogens is 1. The highest BCUT2D eigenvalue weighted by Gasteiger charge is 2.18. The number of nitrogens with zero attached hydrogens (tertiary/aromatic N) is 2. The number of carbonyl (C=O) groups is 1. The van der Waals surface area contributed by atoms with Crippen LogP contribution in [-0.4, -0.2) is 33.4 Å². The van der Waals surface area contributed by atoms with Crippen LogP contribution in [0.3, 0.4) is 0 Å². The van der Waals surface area contributed by atoms with Crippen molar-refractivity contribution in [1.82, 2.24) is 14.5 Å². The summed E-state index contributed by atoms with van der Waals surface area (Å²) in [5, 5.41) is 1.18. The molecule has 154 valence electrons. The van der Waals surface area contributed by atoms with Crippen LogP contribution in [0.2, 0.25) is 5.02 Å². The molecule has 0 aliphatic carbocycles. The third kappa shape index (κ3) is 4.24. The molecule has 0 saturated carbocycles. The lowest BCUT2D eigenvalue weighted by Crippen LogP contribution is -2.35. The topological polar surface area (TPSA) is 75.2 Å². The second-order valence-electron chi connectivity index (χ2n) is 7.36. The normalized spacial score (nSPS) is 14.0. The van der Waals surface area contributed by atoms with Crippen LogP contribution in [0.4, 0.5) is 0 Å². The van der Waals surface area contributed by atoms with E-state index in [0.717, 1.165) is 12.0 Å². The van der Waals surface area contributed by atoms with Gasteiger partial charge in [0.25, 0.3) is 5.56 Å². The van der Waals surface area contributed by atoms with Gasteiger partial charge >= 0.3 is 5.69 Å². The number of hydrogen-bond donors (Lipinski definition) is 1. The fraction of sp³-hybridized carbons (Fsp3) is 0.261. The Kier molecular flexibility index (Phi) is 5.86. The molecule has 30 heavy (non-hydrogen) atoms. The monoisotopic (exact) mass is 423 g/mol. The van der Waals surface area contributed by atoms with Gasteiger partial charge in [-0.05, 0) is 48.2 Å². The number of aromatic amines is 1. The molecule has 7 heteroatoms. The Morgan fingerprint density at radius 1 is 1.07 bits per heavy atom. The first-order valence-electron chi connectivity index (χ1n) is 9.97. The van der Waals surface area contributed by atoms with E-state index in [2.05, 4.69) is 11.1 Å². The fourth-order valence-electron chi connectivity index (χ4n) is 3.83. The number of aromatic nitrogens is 2. The highest BCUT2D eigenvalue weighted by atomic mass is 35.5. The summed E-state index contributed by atoms with van der Waals surface area (Å²) in [5.74, 6) is 0.0724. The number of rotatable bonds is 5. The number of hydrogen-bond acceptors (Lipinski definition) is 3. The summed E-state index contributed by atoms with van der Waals surface area (Å²) in [6, 6.07) is 14.7. The number of fused-ring (bicyclic) bond motifs is 1. The lowest BCUT2D eigenvalue weighted by Gasteiger charge is -2.27. The number of benzene rings is 2. The first-order valence-corrected chi connectivity index (χ1v) is 10.4. The maximum absolute atomic E-state index is 12.6. The third-order valence-electron chi connectivity index (χ3n) is 5.45. The average molecular weight is 424 g/mol. The molecule has 0 unspecified atom stereocenters. The number of halogens is 1. The van der Waals surface area contributed by atoms with E-state index in [1.165, 1.54) is 10.1 Å². The van der Waals surface area contributed by atoms with Crippen LogP contribution in [0.1, 0.15) is 24.8 Å². The minimum Gasteiger partial charge on any atom is -0.339 e. The van der Waals surface area contributed by atoms with E-state index in [1.54, 1.807) is 24.3 Å². The van der Waals surface area contributed by atoms with Crippen molar-refractivity contribution >= 4 is 34.0 Å². The highest BCUT2D eigenvalue weighted by molar-refractivity contribution is 6.30. The molecule has 0 saturated heterocycles. The third-order valence-corrected chi connectivity index (χ3v) is 5.71. The molecule has 0 radical (unpaired) electrons. The Bertz CT molecular complexity index is 1220. The maximum Gasteiger partial charge on any atom is 0.328 e. The lowest BCUT2D eigenvalue weighted by atomic mass is 9.99. The van der Waals surface area contributed by atoms with Gasteiger partial charge in [0.2, 0.25) is 5.91 Å². The van der Waals surface area contributed by atoms with E-state index in [0.29, 0.717) is 48.4 Å². The minimum atomic E-state index is -0.445. The molecule has 1 amide bonds. The SMILES string of the molecule is O=C(CCCn1c(=O)[nH]c(=O)c2ccccc21)N1CC=C(c2ccc(Cl)cc2)CC1. The zero-order chi connectivity index (χ0) is 21.1. The van der Waals surface area contributed by atoms with Crippen molar-refractivity contribution in [3.8, 4) is 0 Å². The average Bonchev–Trinajstić information content (AvgIpc) is 2.76. The number of para-hydroxylation sites is 1. The Labute approximate surface area is 178 Å². The Balaban J connectivity index is 1.37. The predicted molar refractivity (Wildman–Crippen MR) is 119 cm³/mol. The summed E-state index contributed by atoms with van der Waals surface area (Å²) >= 11 is 5.95. The van der Waals surface area contributed by atoms with E-state index < -0.39 is 5.69 Å². The first-order chi connectivity index (χ1) is 14.5. The van der Waals surface area contributed by atoms with Crippen molar-refractivity contribution in [2.24, 2.45) is 0 Å². The molecule has 1 N–H and O–H groups in total. The van der Waals surface area contributed by atoms with Crippen LogP contribution in [0.15, 0.2) is 64.2 Å². The van der Waals surface area contributed by atoms with Crippen LogP contribution in [-0.2, 0) is 11.3 Å². The van der Waals surface area contributed by atoms with Crippen molar-refractivity contribution in [3.05, 3.63) is 86.0 Å². The Hall–Kier alpha value is -3.12. The van der Waals surface area contributed by atoms with Gasteiger partial charge in [0.15, 0.2) is 0 Å². The van der Waals surface area contributed by atoms with Crippen LogP contribution in [0.25, 0.3) is 16.5 Å². The summed E-state index contributed by atoms with van der Waals surface area (Å²) in [6.07, 6.45) is 3.77. The number of amides is 1. The lowest BCUT2D eigenvalue weighted by molar-refractivity contribution is -0.130. The summed E-state index contributed by atoms with van der Waals surface area (Å²) in [5.41, 5.74) is 2.11. The quantitative estimate of drug-likeness (QED) is 0.683. The van der Waals surface area contributed by atoms with Gasteiger partial charge in [0.1, 0.15) is 0 Å². The summed E-state index contributed by atoms with van der Waals surface area (Å²) in [4.78, 5) is 41.0. The van der Waals surface area contributed by atoms with Gasteiger partial charge in [0.05, 0.1) is 10.9 Å². The van der Waals surface area contributed by atoms with Gasteiger partial charge < -0.3 is 4.90 Å². The Morgan fingerprint density at radius 2 is 1.83 bits per heavy atom. The zero-order valence-corrected chi connectivity index (χ0v) is 17.2. The van der Waals surface area contributed by atoms with Gasteiger partial charge in [-0.2, -0.15) is 0 Å². The molecule has 0 bridgehead atoms. The van der Waals surface area contributed by atoms with Crippen molar-refractivity contribution in [2.75, 3.05) is 13.1 Å². The molecular weight excluding hydrogens is 402 g/mol. The second kappa shape index (κ2) is 8.71. The summed E-state index contributed by atoms with van der Waals surface area (Å²) in [6.45, 7) is 1.63. The molecule has 0 fully saturated rings. The largest absolute Gasteiger partial charge is 0.339 e. The molecule has 2 heterocycles. The molecule has 1 aromatic heterocycles. The maximum atomic E-state index is 12.6. The molecule has 1 aliphatic rings. The number of carbonyl (C=O) groups excluding carboxylic acids is 1. The molecule has 0 spiro atoms. The van der Waals surface area contributed by atoms with Gasteiger partial charge in [-0.3, -0.25) is 19.1 Å². The highest BCUT2D eigenvalue weighted by Crippen LogP contribution is 2.24. The Morgan fingerprint density at radius 3 is 2.57 bits per heavy atom. The van der Waals surface area contributed by atoms with E-state index in [-0.39, 0.29) is 11.5 Å². The smallest absolute Gasteiger partial charge is 0.328 e.